The van der Waals surface area contributed by atoms with Crippen LogP contribution in [0, 0.1) is 13.8 Å². The Hall–Kier alpha value is -2.01. The molecular weight excluding hydrogens is 250 g/mol. The van der Waals surface area contributed by atoms with E-state index in [4.69, 9.17) is 5.73 Å². The molecule has 0 amide bonds. The highest BCUT2D eigenvalue weighted by Crippen LogP contribution is 2.13. The third-order valence-electron chi connectivity index (χ3n) is 3.21. The Labute approximate surface area is 119 Å². The van der Waals surface area contributed by atoms with E-state index in [0.29, 0.717) is 12.5 Å². The van der Waals surface area contributed by atoms with E-state index in [-0.39, 0.29) is 0 Å². The van der Waals surface area contributed by atoms with Crippen molar-refractivity contribution < 1.29 is 0 Å². The number of benzene rings is 1. The van der Waals surface area contributed by atoms with Crippen molar-refractivity contribution in [3.63, 3.8) is 0 Å². The molecule has 0 aliphatic rings. The largest absolute Gasteiger partial charge is 0.335 e. The molecule has 0 aliphatic heterocycles. The van der Waals surface area contributed by atoms with Crippen LogP contribution in [0.25, 0.3) is 0 Å². The van der Waals surface area contributed by atoms with Gasteiger partial charge in [-0.05, 0) is 32.4 Å². The first kappa shape index (κ1) is 14.4. The van der Waals surface area contributed by atoms with Gasteiger partial charge in [0, 0.05) is 13.1 Å². The van der Waals surface area contributed by atoms with E-state index in [1.807, 2.05) is 32.0 Å². The summed E-state index contributed by atoms with van der Waals surface area (Å²) in [6.45, 7) is 6.13. The second-order valence-corrected chi connectivity index (χ2v) is 4.83. The molecule has 5 nitrogen and oxygen atoms in total. The van der Waals surface area contributed by atoms with Crippen LogP contribution in [-0.2, 0) is 6.54 Å². The summed E-state index contributed by atoms with van der Waals surface area (Å²) < 4.78 is 0. The van der Waals surface area contributed by atoms with Crippen molar-refractivity contribution in [2.75, 3.05) is 18.0 Å². The second kappa shape index (κ2) is 6.96. The van der Waals surface area contributed by atoms with E-state index in [9.17, 15) is 0 Å². The Morgan fingerprint density at radius 3 is 2.45 bits per heavy atom. The van der Waals surface area contributed by atoms with Gasteiger partial charge in [-0.15, -0.1) is 5.10 Å². The molecule has 1 aromatic carbocycles. The zero-order valence-electron chi connectivity index (χ0n) is 12.1. The molecule has 0 saturated carbocycles. The quantitative estimate of drug-likeness (QED) is 0.868. The Morgan fingerprint density at radius 1 is 1.05 bits per heavy atom. The molecule has 0 saturated heterocycles. The number of aromatic nitrogens is 3. The molecule has 2 N–H and O–H groups in total. The summed E-state index contributed by atoms with van der Waals surface area (Å²) >= 11 is 0. The average Bonchev–Trinajstić information content (AvgIpc) is 2.47. The Balaban J connectivity index is 2.20. The first-order valence-corrected chi connectivity index (χ1v) is 6.87. The molecule has 106 valence electrons. The highest BCUT2D eigenvalue weighted by molar-refractivity contribution is 5.32. The maximum Gasteiger partial charge on any atom is 0.245 e. The monoisotopic (exact) mass is 271 g/mol. The van der Waals surface area contributed by atoms with Gasteiger partial charge in [0.2, 0.25) is 5.95 Å². The summed E-state index contributed by atoms with van der Waals surface area (Å²) in [7, 11) is 0. The molecule has 0 aliphatic carbocycles. The minimum Gasteiger partial charge on any atom is -0.335 e. The SMILES string of the molecule is Cc1nnc(N(CCCN)Cc2ccccc2)nc1C. The summed E-state index contributed by atoms with van der Waals surface area (Å²) in [6.07, 6.45) is 0.906. The molecule has 0 fully saturated rings. The molecule has 0 bridgehead atoms. The van der Waals surface area contributed by atoms with E-state index >= 15 is 0 Å². The number of nitrogens with two attached hydrogens (primary N) is 1. The molecule has 20 heavy (non-hydrogen) atoms. The zero-order chi connectivity index (χ0) is 14.4. The lowest BCUT2D eigenvalue weighted by molar-refractivity contribution is 0.697. The molecule has 0 atom stereocenters. The van der Waals surface area contributed by atoms with Crippen molar-refractivity contribution in [3.05, 3.63) is 47.3 Å². The van der Waals surface area contributed by atoms with Crippen LogP contribution in [-0.4, -0.2) is 28.3 Å². The van der Waals surface area contributed by atoms with Crippen LogP contribution in [0.3, 0.4) is 0 Å². The number of hydrogen-bond acceptors (Lipinski definition) is 5. The summed E-state index contributed by atoms with van der Waals surface area (Å²) in [5, 5.41) is 8.38. The van der Waals surface area contributed by atoms with Crippen molar-refractivity contribution in [3.8, 4) is 0 Å². The van der Waals surface area contributed by atoms with Crippen molar-refractivity contribution in [1.29, 1.82) is 0 Å². The van der Waals surface area contributed by atoms with Crippen LogP contribution in [0.4, 0.5) is 5.95 Å². The predicted octanol–water partition coefficient (Wildman–Crippen LogP) is 1.84. The lowest BCUT2D eigenvalue weighted by Gasteiger charge is -2.22. The highest BCUT2D eigenvalue weighted by atomic mass is 15.3. The van der Waals surface area contributed by atoms with Crippen LogP contribution in [0.1, 0.15) is 23.4 Å². The van der Waals surface area contributed by atoms with Gasteiger partial charge in [-0.1, -0.05) is 30.3 Å². The predicted molar refractivity (Wildman–Crippen MR) is 80.5 cm³/mol. The lowest BCUT2D eigenvalue weighted by Crippen LogP contribution is -2.28. The highest BCUT2D eigenvalue weighted by Gasteiger charge is 2.11. The topological polar surface area (TPSA) is 67.9 Å². The summed E-state index contributed by atoms with van der Waals surface area (Å²) in [6, 6.07) is 10.3. The molecule has 2 rings (SSSR count). The van der Waals surface area contributed by atoms with E-state index in [1.165, 1.54) is 5.56 Å². The van der Waals surface area contributed by atoms with Gasteiger partial charge >= 0.3 is 0 Å². The first-order chi connectivity index (χ1) is 9.70. The van der Waals surface area contributed by atoms with Gasteiger partial charge in [-0.25, -0.2) is 4.98 Å². The van der Waals surface area contributed by atoms with E-state index in [2.05, 4.69) is 32.2 Å². The molecule has 2 aromatic rings. The number of rotatable bonds is 6. The molecule has 1 aromatic heterocycles. The molecule has 0 radical (unpaired) electrons. The summed E-state index contributed by atoms with van der Waals surface area (Å²) in [5.41, 5.74) is 8.63. The molecule has 0 unspecified atom stereocenters. The third kappa shape index (κ3) is 3.74. The average molecular weight is 271 g/mol. The first-order valence-electron chi connectivity index (χ1n) is 6.87. The van der Waals surface area contributed by atoms with Crippen molar-refractivity contribution in [2.45, 2.75) is 26.8 Å². The van der Waals surface area contributed by atoms with Crippen molar-refractivity contribution >= 4 is 5.95 Å². The molecule has 0 spiro atoms. The maximum absolute atomic E-state index is 5.62. The van der Waals surface area contributed by atoms with E-state index in [1.54, 1.807) is 0 Å². The Bertz CT molecular complexity index is 541. The van der Waals surface area contributed by atoms with Crippen LogP contribution in [0.5, 0.6) is 0 Å². The smallest absolute Gasteiger partial charge is 0.245 e. The van der Waals surface area contributed by atoms with E-state index in [0.717, 1.165) is 30.9 Å². The number of aryl methyl sites for hydroxylation is 2. The fraction of sp³-hybridized carbons (Fsp3) is 0.400. The zero-order valence-corrected chi connectivity index (χ0v) is 12.1. The van der Waals surface area contributed by atoms with Gasteiger partial charge in [0.25, 0.3) is 0 Å². The normalized spacial score (nSPS) is 10.6. The van der Waals surface area contributed by atoms with Gasteiger partial charge in [0.05, 0.1) is 11.4 Å². The molecule has 1 heterocycles. The number of hydrogen-bond donors (Lipinski definition) is 1. The van der Waals surface area contributed by atoms with E-state index < -0.39 is 0 Å². The van der Waals surface area contributed by atoms with Gasteiger partial charge in [0.15, 0.2) is 0 Å². The summed E-state index contributed by atoms with van der Waals surface area (Å²) in [4.78, 5) is 6.66. The number of nitrogens with zero attached hydrogens (tertiary/aromatic N) is 4. The minimum atomic E-state index is 0.656. The fourth-order valence-corrected chi connectivity index (χ4v) is 1.92. The van der Waals surface area contributed by atoms with Gasteiger partial charge in [-0.3, -0.25) is 0 Å². The second-order valence-electron chi connectivity index (χ2n) is 4.83. The van der Waals surface area contributed by atoms with Crippen molar-refractivity contribution in [2.24, 2.45) is 5.73 Å². The van der Waals surface area contributed by atoms with Crippen LogP contribution in [0.2, 0.25) is 0 Å². The Morgan fingerprint density at radius 2 is 1.80 bits per heavy atom. The van der Waals surface area contributed by atoms with Crippen LogP contribution < -0.4 is 10.6 Å². The molecular formula is C15H21N5. The standard InChI is InChI=1S/C15H21N5/c1-12-13(2)18-19-15(17-12)20(10-6-9-16)11-14-7-4-3-5-8-14/h3-5,7-8H,6,9-11,16H2,1-2H3. The van der Waals surface area contributed by atoms with Crippen molar-refractivity contribution in [1.82, 2.24) is 15.2 Å². The van der Waals surface area contributed by atoms with Gasteiger partial charge in [0.1, 0.15) is 0 Å². The molecule has 5 heteroatoms. The third-order valence-corrected chi connectivity index (χ3v) is 3.21. The van der Waals surface area contributed by atoms with Crippen LogP contribution in [0.15, 0.2) is 30.3 Å². The maximum atomic E-state index is 5.62. The van der Waals surface area contributed by atoms with Crippen LogP contribution >= 0.6 is 0 Å². The van der Waals surface area contributed by atoms with Gasteiger partial charge in [-0.2, -0.15) is 5.10 Å². The minimum absolute atomic E-state index is 0.656. The lowest BCUT2D eigenvalue weighted by atomic mass is 10.2. The van der Waals surface area contributed by atoms with Gasteiger partial charge < -0.3 is 10.6 Å². The summed E-state index contributed by atoms with van der Waals surface area (Å²) in [5.74, 6) is 0.672. The fourth-order valence-electron chi connectivity index (χ4n) is 1.92. The Kier molecular flexibility index (Phi) is 5.01. The number of anilines is 1.